The van der Waals surface area contributed by atoms with E-state index in [1.807, 2.05) is 0 Å². The van der Waals surface area contributed by atoms with Gasteiger partial charge in [-0.15, -0.1) is 0 Å². The van der Waals surface area contributed by atoms with Crippen LogP contribution in [0.4, 0.5) is 0 Å². The molecule has 1 aliphatic rings. The lowest BCUT2D eigenvalue weighted by molar-refractivity contribution is -0.305. The largest absolute Gasteiger partial charge is 0.457 e. The second-order valence-corrected chi connectivity index (χ2v) is 14.8. The van der Waals surface area contributed by atoms with Crippen molar-refractivity contribution in [2.45, 2.75) is 198 Å². The SMILES string of the molecule is CC/C=C\C/C=C\C/C=C\C/C=C\CCCCCCCCCCC(=O)OC(COCCCCCCCC/C=C\CCC)COC1OC(CO)C(O)C(O)C1O. The van der Waals surface area contributed by atoms with Crippen LogP contribution in [0.25, 0.3) is 0 Å². The maximum absolute atomic E-state index is 12.8. The van der Waals surface area contributed by atoms with E-state index in [1.54, 1.807) is 0 Å². The van der Waals surface area contributed by atoms with Crippen LogP contribution in [-0.2, 0) is 23.7 Å². The van der Waals surface area contributed by atoms with Crippen LogP contribution in [-0.4, -0.2) is 89.6 Å². The normalized spacial score (nSPS) is 21.3. The molecule has 1 saturated heterocycles. The fraction of sp³-hybridized carbons (Fsp3) is 0.761. The molecule has 0 aromatic carbocycles. The van der Waals surface area contributed by atoms with Crippen LogP contribution >= 0.6 is 0 Å². The Hall–Kier alpha value is -2.11. The summed E-state index contributed by atoms with van der Waals surface area (Å²) in [7, 11) is 0. The van der Waals surface area contributed by atoms with Crippen molar-refractivity contribution in [3.05, 3.63) is 60.8 Å². The lowest BCUT2D eigenvalue weighted by atomic mass is 9.99. The summed E-state index contributed by atoms with van der Waals surface area (Å²) < 4.78 is 22.7. The lowest BCUT2D eigenvalue weighted by Gasteiger charge is -2.39. The molecule has 0 amide bonds. The highest BCUT2D eigenvalue weighted by atomic mass is 16.7. The van der Waals surface area contributed by atoms with E-state index in [1.165, 1.54) is 57.8 Å². The molecule has 6 unspecified atom stereocenters. The number of allylic oxidation sites excluding steroid dienone is 10. The Kier molecular flexibility index (Phi) is 34.7. The first-order valence-corrected chi connectivity index (χ1v) is 21.9. The second kappa shape index (κ2) is 37.5. The molecule has 0 aromatic heterocycles. The molecule has 0 spiro atoms. The number of ether oxygens (including phenoxy) is 4. The first-order chi connectivity index (χ1) is 26.9. The van der Waals surface area contributed by atoms with Crippen molar-refractivity contribution >= 4 is 5.97 Å². The van der Waals surface area contributed by atoms with Gasteiger partial charge in [0.25, 0.3) is 0 Å². The zero-order valence-electron chi connectivity index (χ0n) is 34.7. The molecular formula is C46H80O9. The molecule has 9 heteroatoms. The maximum Gasteiger partial charge on any atom is 0.306 e. The minimum absolute atomic E-state index is 0.122. The molecular weight excluding hydrogens is 696 g/mol. The summed E-state index contributed by atoms with van der Waals surface area (Å²) in [5, 5.41) is 40.0. The smallest absolute Gasteiger partial charge is 0.306 e. The summed E-state index contributed by atoms with van der Waals surface area (Å²) in [6.07, 6.45) is 39.6. The minimum atomic E-state index is -1.54. The number of hydrogen-bond donors (Lipinski definition) is 4. The number of unbranched alkanes of at least 4 members (excludes halogenated alkanes) is 15. The highest BCUT2D eigenvalue weighted by Crippen LogP contribution is 2.22. The first kappa shape index (κ1) is 50.9. The van der Waals surface area contributed by atoms with E-state index in [-0.39, 0.29) is 19.2 Å². The van der Waals surface area contributed by atoms with E-state index in [0.29, 0.717) is 13.0 Å². The fourth-order valence-corrected chi connectivity index (χ4v) is 6.25. The van der Waals surface area contributed by atoms with Crippen molar-refractivity contribution in [1.29, 1.82) is 0 Å². The number of aliphatic hydroxyl groups excluding tert-OH is 4. The Morgan fingerprint density at radius 2 is 1.11 bits per heavy atom. The standard InChI is InChI=1S/C46H80O9/c1-3-5-7-9-11-13-15-16-17-18-19-20-21-22-23-24-25-27-29-31-33-35-42(48)54-40(39-53-46-45(51)44(50)43(49)41(37-47)55-46)38-52-36-34-32-30-28-26-14-12-10-8-6-4-2/h5,7-8,10-11,13,16-17,19-20,40-41,43-47,49-51H,3-4,6,9,12,14-15,18,21-39H2,1-2H3/b7-5-,10-8-,13-11-,17-16-,20-19-. The van der Waals surface area contributed by atoms with Gasteiger partial charge in [0.15, 0.2) is 6.29 Å². The molecule has 0 bridgehead atoms. The summed E-state index contributed by atoms with van der Waals surface area (Å²) in [5.41, 5.74) is 0. The van der Waals surface area contributed by atoms with Gasteiger partial charge in [-0.1, -0.05) is 145 Å². The highest BCUT2D eigenvalue weighted by Gasteiger charge is 2.44. The van der Waals surface area contributed by atoms with E-state index >= 15 is 0 Å². The molecule has 55 heavy (non-hydrogen) atoms. The predicted octanol–water partition coefficient (Wildman–Crippen LogP) is 9.52. The zero-order chi connectivity index (χ0) is 40.0. The van der Waals surface area contributed by atoms with Gasteiger partial charge >= 0.3 is 5.97 Å². The first-order valence-electron chi connectivity index (χ1n) is 21.9. The molecule has 1 heterocycles. The molecule has 4 N–H and O–H groups in total. The molecule has 318 valence electrons. The highest BCUT2D eigenvalue weighted by molar-refractivity contribution is 5.69. The van der Waals surface area contributed by atoms with Crippen LogP contribution in [0.3, 0.4) is 0 Å². The number of esters is 1. The number of carbonyl (C=O) groups excluding carboxylic acids is 1. The fourth-order valence-electron chi connectivity index (χ4n) is 6.25. The van der Waals surface area contributed by atoms with Gasteiger partial charge in [0.1, 0.15) is 30.5 Å². The summed E-state index contributed by atoms with van der Waals surface area (Å²) in [6.45, 7) is 4.35. The number of carbonyl (C=O) groups is 1. The second-order valence-electron chi connectivity index (χ2n) is 14.8. The van der Waals surface area contributed by atoms with E-state index in [0.717, 1.165) is 83.5 Å². The summed E-state index contributed by atoms with van der Waals surface area (Å²) in [4.78, 5) is 12.8. The molecule has 0 aromatic rings. The Bertz CT molecular complexity index is 1020. The van der Waals surface area contributed by atoms with Crippen LogP contribution in [0.5, 0.6) is 0 Å². The maximum atomic E-state index is 12.8. The predicted molar refractivity (Wildman–Crippen MR) is 224 cm³/mol. The molecule has 1 fully saturated rings. The van der Waals surface area contributed by atoms with E-state index in [4.69, 9.17) is 18.9 Å². The van der Waals surface area contributed by atoms with Gasteiger partial charge in [-0.25, -0.2) is 0 Å². The van der Waals surface area contributed by atoms with Crippen molar-refractivity contribution in [1.82, 2.24) is 0 Å². The number of hydrogen-bond acceptors (Lipinski definition) is 9. The van der Waals surface area contributed by atoms with Crippen LogP contribution < -0.4 is 0 Å². The average molecular weight is 777 g/mol. The van der Waals surface area contributed by atoms with E-state index in [9.17, 15) is 25.2 Å². The molecule has 1 rings (SSSR count). The Morgan fingerprint density at radius 1 is 0.600 bits per heavy atom. The van der Waals surface area contributed by atoms with Crippen LogP contribution in [0.15, 0.2) is 60.8 Å². The van der Waals surface area contributed by atoms with E-state index < -0.39 is 43.4 Å². The van der Waals surface area contributed by atoms with Gasteiger partial charge in [-0.05, 0) is 70.6 Å². The van der Waals surface area contributed by atoms with Crippen LogP contribution in [0, 0.1) is 0 Å². The number of rotatable bonds is 36. The van der Waals surface area contributed by atoms with Gasteiger partial charge in [0, 0.05) is 13.0 Å². The molecule has 6 atom stereocenters. The van der Waals surface area contributed by atoms with Gasteiger partial charge in [0.2, 0.25) is 0 Å². The molecule has 9 nitrogen and oxygen atoms in total. The third kappa shape index (κ3) is 28.9. The van der Waals surface area contributed by atoms with Gasteiger partial charge in [0.05, 0.1) is 19.8 Å². The van der Waals surface area contributed by atoms with Crippen molar-refractivity contribution in [2.24, 2.45) is 0 Å². The van der Waals surface area contributed by atoms with Crippen molar-refractivity contribution in [2.75, 3.05) is 26.4 Å². The summed E-state index contributed by atoms with van der Waals surface area (Å²) >= 11 is 0. The van der Waals surface area contributed by atoms with Crippen LogP contribution in [0.2, 0.25) is 0 Å². The topological polar surface area (TPSA) is 135 Å². The summed E-state index contributed by atoms with van der Waals surface area (Å²) in [5.74, 6) is -0.327. The Labute approximate surface area is 335 Å². The van der Waals surface area contributed by atoms with Gasteiger partial charge in [-0.3, -0.25) is 4.79 Å². The third-order valence-electron chi connectivity index (χ3n) is 9.65. The summed E-state index contributed by atoms with van der Waals surface area (Å²) in [6, 6.07) is 0. The molecule has 0 aliphatic carbocycles. The average Bonchev–Trinajstić information content (AvgIpc) is 3.18. The molecule has 1 aliphatic heterocycles. The zero-order valence-corrected chi connectivity index (χ0v) is 34.7. The van der Waals surface area contributed by atoms with Gasteiger partial charge < -0.3 is 39.4 Å². The minimum Gasteiger partial charge on any atom is -0.457 e. The van der Waals surface area contributed by atoms with Crippen LogP contribution in [0.1, 0.15) is 162 Å². The Balaban J connectivity index is 2.25. The number of aliphatic hydroxyl groups is 4. The van der Waals surface area contributed by atoms with Crippen molar-refractivity contribution < 1.29 is 44.2 Å². The lowest BCUT2D eigenvalue weighted by Crippen LogP contribution is -2.59. The van der Waals surface area contributed by atoms with E-state index in [2.05, 4.69) is 74.6 Å². The molecule has 0 saturated carbocycles. The van der Waals surface area contributed by atoms with Crippen molar-refractivity contribution in [3.8, 4) is 0 Å². The Morgan fingerprint density at radius 3 is 1.69 bits per heavy atom. The molecule has 0 radical (unpaired) electrons. The monoisotopic (exact) mass is 777 g/mol. The van der Waals surface area contributed by atoms with Crippen molar-refractivity contribution in [3.63, 3.8) is 0 Å². The third-order valence-corrected chi connectivity index (χ3v) is 9.65. The quantitative estimate of drug-likeness (QED) is 0.0279. The van der Waals surface area contributed by atoms with Gasteiger partial charge in [-0.2, -0.15) is 0 Å².